The van der Waals surface area contributed by atoms with Crippen LogP contribution < -0.4 is 0 Å². The molecular weight excluding hydrogens is 226 g/mol. The maximum Gasteiger partial charge on any atom is 0.331 e. The monoisotopic (exact) mass is 239 g/mol. The third-order valence-electron chi connectivity index (χ3n) is 2.30. The molecule has 0 unspecified atom stereocenters. The molecule has 3 heteroatoms. The number of ether oxygens (including phenoxy) is 1. The zero-order chi connectivity index (χ0) is 12.6. The molecule has 2 rings (SSSR count). The Morgan fingerprint density at radius 3 is 2.61 bits per heavy atom. The molecule has 0 radical (unpaired) electrons. The first-order valence-corrected chi connectivity index (χ1v) is 5.64. The predicted octanol–water partition coefficient (Wildman–Crippen LogP) is 2.84. The highest BCUT2D eigenvalue weighted by Crippen LogP contribution is 2.02. The average Bonchev–Trinajstić information content (AvgIpc) is 2.45. The normalized spacial score (nSPS) is 10.4. The van der Waals surface area contributed by atoms with E-state index in [1.54, 1.807) is 12.3 Å². The van der Waals surface area contributed by atoms with Crippen molar-refractivity contribution in [3.8, 4) is 0 Å². The Balaban J connectivity index is 1.84. The highest BCUT2D eigenvalue weighted by Gasteiger charge is 1.98. The van der Waals surface area contributed by atoms with Gasteiger partial charge in [-0.2, -0.15) is 0 Å². The Labute approximate surface area is 106 Å². The Hall–Kier alpha value is -2.42. The van der Waals surface area contributed by atoms with Crippen LogP contribution in [0.5, 0.6) is 0 Å². The fraction of sp³-hybridized carbons (Fsp3) is 0.0667. The molecule has 1 heterocycles. The molecule has 0 saturated carbocycles. The van der Waals surface area contributed by atoms with Gasteiger partial charge in [0.25, 0.3) is 0 Å². The van der Waals surface area contributed by atoms with Crippen LogP contribution in [0, 0.1) is 0 Å². The minimum absolute atomic E-state index is 0.193. The Morgan fingerprint density at radius 1 is 1.11 bits per heavy atom. The summed E-state index contributed by atoms with van der Waals surface area (Å²) >= 11 is 0. The van der Waals surface area contributed by atoms with Crippen LogP contribution >= 0.6 is 0 Å². The summed E-state index contributed by atoms with van der Waals surface area (Å²) < 4.78 is 5.06. The van der Waals surface area contributed by atoms with Crippen molar-refractivity contribution in [2.24, 2.45) is 0 Å². The zero-order valence-electron chi connectivity index (χ0n) is 9.82. The van der Waals surface area contributed by atoms with Gasteiger partial charge in [-0.1, -0.05) is 36.4 Å². The lowest BCUT2D eigenvalue weighted by atomic mass is 10.2. The van der Waals surface area contributed by atoms with Gasteiger partial charge in [-0.3, -0.25) is 4.98 Å². The SMILES string of the molecule is O=C(C=Cc1ccccc1)OCc1ccccn1. The van der Waals surface area contributed by atoms with E-state index in [4.69, 9.17) is 4.74 Å². The number of pyridine rings is 1. The minimum atomic E-state index is -0.371. The molecule has 0 amide bonds. The van der Waals surface area contributed by atoms with E-state index in [2.05, 4.69) is 4.98 Å². The summed E-state index contributed by atoms with van der Waals surface area (Å²) in [4.78, 5) is 15.5. The van der Waals surface area contributed by atoms with Crippen molar-refractivity contribution in [2.75, 3.05) is 0 Å². The van der Waals surface area contributed by atoms with Gasteiger partial charge in [0.1, 0.15) is 6.61 Å². The van der Waals surface area contributed by atoms with Gasteiger partial charge in [-0.05, 0) is 23.8 Å². The molecule has 1 aromatic heterocycles. The lowest BCUT2D eigenvalue weighted by molar-refractivity contribution is -0.139. The molecule has 90 valence electrons. The highest BCUT2D eigenvalue weighted by molar-refractivity contribution is 5.86. The lowest BCUT2D eigenvalue weighted by Crippen LogP contribution is -2.01. The standard InChI is InChI=1S/C15H13NO2/c17-15(10-9-13-6-2-1-3-7-13)18-12-14-8-4-5-11-16-14/h1-11H,12H2. The number of hydrogen-bond acceptors (Lipinski definition) is 3. The maximum atomic E-state index is 11.5. The number of benzene rings is 1. The van der Waals surface area contributed by atoms with Gasteiger partial charge in [-0.25, -0.2) is 4.79 Å². The van der Waals surface area contributed by atoms with Gasteiger partial charge in [0.2, 0.25) is 0 Å². The van der Waals surface area contributed by atoms with Crippen LogP contribution in [0.1, 0.15) is 11.3 Å². The van der Waals surface area contributed by atoms with Crippen molar-refractivity contribution in [2.45, 2.75) is 6.61 Å². The summed E-state index contributed by atoms with van der Waals surface area (Å²) in [5.41, 5.74) is 1.70. The molecular formula is C15H13NO2. The predicted molar refractivity (Wildman–Crippen MR) is 69.5 cm³/mol. The van der Waals surface area contributed by atoms with Crippen molar-refractivity contribution in [3.63, 3.8) is 0 Å². The second-order valence-corrected chi connectivity index (χ2v) is 3.67. The van der Waals surface area contributed by atoms with Crippen molar-refractivity contribution in [3.05, 3.63) is 72.1 Å². The third kappa shape index (κ3) is 3.87. The molecule has 0 aliphatic heterocycles. The van der Waals surface area contributed by atoms with E-state index in [0.717, 1.165) is 11.3 Å². The number of carbonyl (C=O) groups excluding carboxylic acids is 1. The number of nitrogens with zero attached hydrogens (tertiary/aromatic N) is 1. The van der Waals surface area contributed by atoms with Gasteiger partial charge in [0, 0.05) is 12.3 Å². The van der Waals surface area contributed by atoms with E-state index in [1.165, 1.54) is 6.08 Å². The molecule has 0 aliphatic carbocycles. The molecule has 0 spiro atoms. The molecule has 1 aromatic carbocycles. The summed E-state index contributed by atoms with van der Waals surface area (Å²) in [7, 11) is 0. The number of rotatable bonds is 4. The largest absolute Gasteiger partial charge is 0.456 e. The summed E-state index contributed by atoms with van der Waals surface area (Å²) in [6, 6.07) is 15.1. The van der Waals surface area contributed by atoms with E-state index in [9.17, 15) is 4.79 Å². The van der Waals surface area contributed by atoms with E-state index in [0.29, 0.717) is 0 Å². The van der Waals surface area contributed by atoms with Gasteiger partial charge in [0.05, 0.1) is 5.69 Å². The highest BCUT2D eigenvalue weighted by atomic mass is 16.5. The Morgan fingerprint density at radius 2 is 1.89 bits per heavy atom. The van der Waals surface area contributed by atoms with Gasteiger partial charge in [-0.15, -0.1) is 0 Å². The Kier molecular flexibility index (Phi) is 4.25. The zero-order valence-corrected chi connectivity index (χ0v) is 9.82. The number of esters is 1. The third-order valence-corrected chi connectivity index (χ3v) is 2.30. The van der Waals surface area contributed by atoms with E-state index >= 15 is 0 Å². The van der Waals surface area contributed by atoms with Gasteiger partial charge >= 0.3 is 5.97 Å². The maximum absolute atomic E-state index is 11.5. The van der Waals surface area contributed by atoms with Crippen LogP contribution in [-0.2, 0) is 16.1 Å². The number of aromatic nitrogens is 1. The average molecular weight is 239 g/mol. The quantitative estimate of drug-likeness (QED) is 0.608. The van der Waals surface area contributed by atoms with Crippen LogP contribution in [0.4, 0.5) is 0 Å². The molecule has 18 heavy (non-hydrogen) atoms. The second-order valence-electron chi connectivity index (χ2n) is 3.67. The molecule has 0 bridgehead atoms. The van der Waals surface area contributed by atoms with E-state index in [1.807, 2.05) is 48.5 Å². The van der Waals surface area contributed by atoms with Crippen LogP contribution in [0.3, 0.4) is 0 Å². The van der Waals surface area contributed by atoms with E-state index < -0.39 is 0 Å². The molecule has 0 aliphatic rings. The van der Waals surface area contributed by atoms with Crippen LogP contribution in [0.2, 0.25) is 0 Å². The molecule has 2 aromatic rings. The smallest absolute Gasteiger partial charge is 0.331 e. The molecule has 0 atom stereocenters. The molecule has 0 N–H and O–H groups in total. The van der Waals surface area contributed by atoms with E-state index in [-0.39, 0.29) is 12.6 Å². The fourth-order valence-electron chi connectivity index (χ4n) is 1.41. The fourth-order valence-corrected chi connectivity index (χ4v) is 1.41. The van der Waals surface area contributed by atoms with Gasteiger partial charge in [0.15, 0.2) is 0 Å². The summed E-state index contributed by atoms with van der Waals surface area (Å²) in [5, 5.41) is 0. The van der Waals surface area contributed by atoms with Crippen LogP contribution in [-0.4, -0.2) is 11.0 Å². The molecule has 3 nitrogen and oxygen atoms in total. The Bertz CT molecular complexity index is 521. The van der Waals surface area contributed by atoms with Crippen LogP contribution in [0.15, 0.2) is 60.8 Å². The number of hydrogen-bond donors (Lipinski definition) is 0. The molecule has 0 fully saturated rings. The number of carbonyl (C=O) groups is 1. The summed E-state index contributed by atoms with van der Waals surface area (Å²) in [6.45, 7) is 0.193. The minimum Gasteiger partial charge on any atom is -0.456 e. The van der Waals surface area contributed by atoms with Crippen LogP contribution in [0.25, 0.3) is 6.08 Å². The lowest BCUT2D eigenvalue weighted by Gasteiger charge is -2.00. The topological polar surface area (TPSA) is 39.2 Å². The first kappa shape index (κ1) is 12.0. The van der Waals surface area contributed by atoms with Crippen molar-refractivity contribution < 1.29 is 9.53 Å². The second kappa shape index (κ2) is 6.35. The first-order valence-electron chi connectivity index (χ1n) is 5.64. The van der Waals surface area contributed by atoms with Crippen molar-refractivity contribution in [1.29, 1.82) is 0 Å². The summed E-state index contributed by atoms with van der Waals surface area (Å²) in [5.74, 6) is -0.371. The van der Waals surface area contributed by atoms with Gasteiger partial charge < -0.3 is 4.74 Å². The van der Waals surface area contributed by atoms with Crippen molar-refractivity contribution >= 4 is 12.0 Å². The first-order chi connectivity index (χ1) is 8.84. The summed E-state index contributed by atoms with van der Waals surface area (Å²) in [6.07, 6.45) is 4.81. The molecule has 0 saturated heterocycles. The van der Waals surface area contributed by atoms with Crippen molar-refractivity contribution in [1.82, 2.24) is 4.98 Å².